The van der Waals surface area contributed by atoms with Crippen molar-refractivity contribution < 1.29 is 4.43 Å². The zero-order valence-electron chi connectivity index (χ0n) is 20.3. The molecule has 0 rings (SSSR count). The number of hydrogen-bond acceptors (Lipinski definition) is 1. The maximum atomic E-state index is 6.33. The molecule has 1 nitrogen and oxygen atoms in total. The van der Waals surface area contributed by atoms with Crippen molar-refractivity contribution in [2.45, 2.75) is 131 Å². The summed E-state index contributed by atoms with van der Waals surface area (Å²) in [5.74, 6) is 0. The van der Waals surface area contributed by atoms with Gasteiger partial charge in [-0.1, -0.05) is 0 Å². The average molecular weight is 503 g/mol. The molecule has 0 aromatic heterocycles. The predicted molar refractivity (Wildman–Crippen MR) is 131 cm³/mol. The van der Waals surface area contributed by atoms with E-state index in [1.165, 1.54) is 57.8 Å². The van der Waals surface area contributed by atoms with Crippen molar-refractivity contribution in [3.05, 3.63) is 10.2 Å². The van der Waals surface area contributed by atoms with E-state index in [9.17, 15) is 0 Å². The number of hydrogen-bond donors (Lipinski definition) is 0. The fourth-order valence-corrected chi connectivity index (χ4v) is 19.1. The summed E-state index contributed by atoms with van der Waals surface area (Å²) in [7, 11) is -1.56. The molecular weight excluding hydrogens is 451 g/mol. The summed E-state index contributed by atoms with van der Waals surface area (Å²) in [5, 5.41) is 0.332. The molecule has 27 heavy (non-hydrogen) atoms. The summed E-state index contributed by atoms with van der Waals surface area (Å²) in [6.45, 7) is 19.8. The van der Waals surface area contributed by atoms with Crippen molar-refractivity contribution in [1.29, 1.82) is 0 Å². The third kappa shape index (κ3) is 12.1. The summed E-state index contributed by atoms with van der Waals surface area (Å²) in [5.41, 5.74) is 0. The third-order valence-corrected chi connectivity index (χ3v) is 25.4. The van der Waals surface area contributed by atoms with Gasteiger partial charge in [-0.25, -0.2) is 0 Å². The number of rotatable bonds is 16. The Morgan fingerprint density at radius 3 is 1.67 bits per heavy atom. The van der Waals surface area contributed by atoms with E-state index in [-0.39, 0.29) is 0 Å². The van der Waals surface area contributed by atoms with E-state index in [1.54, 1.807) is 13.3 Å². The summed E-state index contributed by atoms with van der Waals surface area (Å²) >= 11 is -2.04. The van der Waals surface area contributed by atoms with E-state index in [1.807, 2.05) is 0 Å². The fourth-order valence-electron chi connectivity index (χ4n) is 3.45. The van der Waals surface area contributed by atoms with Crippen LogP contribution in [0.25, 0.3) is 0 Å². The van der Waals surface area contributed by atoms with Crippen molar-refractivity contribution in [2.75, 3.05) is 6.61 Å². The Labute approximate surface area is 178 Å². The maximum absolute atomic E-state index is 6.33. The van der Waals surface area contributed by atoms with Crippen LogP contribution in [-0.4, -0.2) is 33.3 Å². The van der Waals surface area contributed by atoms with Gasteiger partial charge in [0.2, 0.25) is 0 Å². The first-order chi connectivity index (χ1) is 12.6. The van der Waals surface area contributed by atoms with Gasteiger partial charge in [-0.15, -0.1) is 0 Å². The summed E-state index contributed by atoms with van der Waals surface area (Å²) < 4.78 is 13.9. The molecule has 0 saturated carbocycles. The second-order valence-electron chi connectivity index (χ2n) is 10.2. The first-order valence-electron chi connectivity index (χ1n) is 12.0. The van der Waals surface area contributed by atoms with Crippen molar-refractivity contribution in [1.82, 2.24) is 0 Å². The van der Waals surface area contributed by atoms with Gasteiger partial charge in [-0.2, -0.15) is 0 Å². The number of unbranched alkanes of at least 4 members (excludes halogenated alkanes) is 5. The molecule has 0 saturated heterocycles. The normalized spacial score (nSPS) is 13.6. The molecule has 0 atom stereocenters. The van der Waals surface area contributed by atoms with Crippen LogP contribution in [-0.2, 0) is 4.43 Å². The standard InChI is InChI=1S/C12H25OSi.3C4H9.Sn/c1-7-8-9-10-11-13-14(5,6)12(2,3)4;3*1-3-4-2;/h1,7H,8-11H2,2-6H3;3*1,3-4H2,2H3;. The van der Waals surface area contributed by atoms with Crippen LogP contribution < -0.4 is 0 Å². The van der Waals surface area contributed by atoms with Crippen molar-refractivity contribution in [3.63, 3.8) is 0 Å². The Morgan fingerprint density at radius 1 is 0.778 bits per heavy atom. The van der Waals surface area contributed by atoms with E-state index in [0.29, 0.717) is 5.04 Å². The van der Waals surface area contributed by atoms with Crippen LogP contribution in [0.15, 0.2) is 10.2 Å². The van der Waals surface area contributed by atoms with E-state index < -0.39 is 26.7 Å². The zero-order chi connectivity index (χ0) is 20.8. The molecule has 0 radical (unpaired) electrons. The van der Waals surface area contributed by atoms with Crippen molar-refractivity contribution >= 4 is 26.7 Å². The molecule has 0 bridgehead atoms. The number of allylic oxidation sites excluding steroid dienone is 1. The second kappa shape index (κ2) is 14.7. The molecule has 0 amide bonds. The fraction of sp³-hybridized carbons (Fsp3) is 0.917. The van der Waals surface area contributed by atoms with E-state index in [0.717, 1.165) is 6.61 Å². The predicted octanol–water partition coefficient (Wildman–Crippen LogP) is 9.12. The van der Waals surface area contributed by atoms with Crippen LogP contribution in [0.5, 0.6) is 0 Å². The van der Waals surface area contributed by atoms with Gasteiger partial charge in [0.05, 0.1) is 0 Å². The van der Waals surface area contributed by atoms with Crippen LogP contribution in [0.3, 0.4) is 0 Å². The van der Waals surface area contributed by atoms with Crippen LogP contribution in [0.4, 0.5) is 0 Å². The van der Waals surface area contributed by atoms with Gasteiger partial charge >= 0.3 is 179 Å². The van der Waals surface area contributed by atoms with Crippen LogP contribution in [0.2, 0.25) is 31.4 Å². The van der Waals surface area contributed by atoms with Gasteiger partial charge in [0.25, 0.3) is 0 Å². The molecule has 0 aromatic carbocycles. The Kier molecular flexibility index (Phi) is 15.0. The van der Waals surface area contributed by atoms with Crippen LogP contribution in [0.1, 0.15) is 99.3 Å². The van der Waals surface area contributed by atoms with E-state index in [4.69, 9.17) is 4.43 Å². The SMILES string of the molecule is CCC[CH2][Sn](/[CH]=C\CCCCO[Si](C)(C)C(C)(C)C)([CH2]CCC)[CH2]CCC. The van der Waals surface area contributed by atoms with Crippen molar-refractivity contribution in [2.24, 2.45) is 0 Å². The molecule has 0 aliphatic rings. The molecular formula is C24H52OSiSn. The van der Waals surface area contributed by atoms with Gasteiger partial charge in [-0.3, -0.25) is 0 Å². The van der Waals surface area contributed by atoms with Crippen LogP contribution >= 0.6 is 0 Å². The third-order valence-electron chi connectivity index (χ3n) is 6.59. The molecule has 162 valence electrons. The minimum absolute atomic E-state index is 0.332. The molecule has 0 aromatic rings. The van der Waals surface area contributed by atoms with Gasteiger partial charge in [0.1, 0.15) is 0 Å². The van der Waals surface area contributed by atoms with E-state index in [2.05, 4.69) is 64.8 Å². The first kappa shape index (κ1) is 27.7. The van der Waals surface area contributed by atoms with Gasteiger partial charge in [-0.05, 0) is 0 Å². The average Bonchev–Trinajstić information content (AvgIpc) is 2.60. The van der Waals surface area contributed by atoms with E-state index >= 15 is 0 Å². The second-order valence-corrected chi connectivity index (χ2v) is 28.0. The Hall–Kier alpha value is 0.716. The monoisotopic (exact) mass is 504 g/mol. The molecule has 0 fully saturated rings. The van der Waals surface area contributed by atoms with Crippen molar-refractivity contribution in [3.8, 4) is 0 Å². The minimum atomic E-state index is -2.04. The van der Waals surface area contributed by atoms with Gasteiger partial charge in [0, 0.05) is 0 Å². The Morgan fingerprint density at radius 2 is 1.26 bits per heavy atom. The Balaban J connectivity index is 4.50. The van der Waals surface area contributed by atoms with Gasteiger partial charge < -0.3 is 0 Å². The van der Waals surface area contributed by atoms with Gasteiger partial charge in [0.15, 0.2) is 0 Å². The topological polar surface area (TPSA) is 9.23 Å². The molecule has 3 heteroatoms. The molecule has 0 unspecified atom stereocenters. The summed E-state index contributed by atoms with van der Waals surface area (Å²) in [4.78, 5) is 0. The zero-order valence-corrected chi connectivity index (χ0v) is 24.1. The molecule has 0 N–H and O–H groups in total. The first-order valence-corrected chi connectivity index (χ1v) is 22.6. The van der Waals surface area contributed by atoms with Crippen LogP contribution in [0, 0.1) is 0 Å². The summed E-state index contributed by atoms with van der Waals surface area (Å²) in [6, 6.07) is 0. The molecule has 0 heterocycles. The quantitative estimate of drug-likeness (QED) is 0.151. The molecule has 0 aliphatic carbocycles. The molecule has 0 spiro atoms. The Bertz CT molecular complexity index is 363. The molecule has 0 aliphatic heterocycles. The summed E-state index contributed by atoms with van der Waals surface area (Å²) in [6.07, 6.45) is 14.9.